The van der Waals surface area contributed by atoms with Crippen molar-refractivity contribution in [2.75, 3.05) is 6.54 Å². The molecule has 0 spiro atoms. The number of hydrogen-bond donors (Lipinski definition) is 3. The average Bonchev–Trinajstić information content (AvgIpc) is 2.02. The van der Waals surface area contributed by atoms with Gasteiger partial charge in [0.05, 0.1) is 11.6 Å². The molecule has 1 amide bonds. The van der Waals surface area contributed by atoms with Crippen molar-refractivity contribution in [1.82, 2.24) is 5.32 Å². The van der Waals surface area contributed by atoms with Crippen molar-refractivity contribution in [1.29, 1.82) is 0 Å². The van der Waals surface area contributed by atoms with Crippen molar-refractivity contribution in [3.05, 3.63) is 0 Å². The van der Waals surface area contributed by atoms with Gasteiger partial charge in [-0.2, -0.15) is 0 Å². The molecule has 4 nitrogen and oxygen atoms in total. The Bertz CT molecular complexity index is 163. The molecule has 4 N–H and O–H groups in total. The van der Waals surface area contributed by atoms with Crippen molar-refractivity contribution >= 4 is 5.91 Å². The lowest BCUT2D eigenvalue weighted by molar-refractivity contribution is -0.125. The van der Waals surface area contributed by atoms with Crippen LogP contribution in [-0.2, 0) is 4.79 Å². The molecule has 0 aliphatic rings. The zero-order valence-corrected chi connectivity index (χ0v) is 8.63. The van der Waals surface area contributed by atoms with Crippen LogP contribution in [0.3, 0.4) is 0 Å². The molecule has 78 valence electrons. The summed E-state index contributed by atoms with van der Waals surface area (Å²) in [6.45, 7) is 5.69. The lowest BCUT2D eigenvalue weighted by atomic mass is 10.1. The third kappa shape index (κ3) is 5.60. The predicted molar refractivity (Wildman–Crippen MR) is 52.2 cm³/mol. The molecule has 0 radical (unpaired) electrons. The summed E-state index contributed by atoms with van der Waals surface area (Å²) in [5, 5.41) is 11.9. The minimum absolute atomic E-state index is 0.184. The predicted octanol–water partition coefficient (Wildman–Crippen LogP) is 0.000900. The van der Waals surface area contributed by atoms with Crippen LogP contribution in [0.15, 0.2) is 0 Å². The van der Waals surface area contributed by atoms with Gasteiger partial charge in [0.2, 0.25) is 5.91 Å². The molecule has 13 heavy (non-hydrogen) atoms. The molecule has 0 rings (SSSR count). The molecular weight excluding hydrogens is 168 g/mol. The molecule has 0 aliphatic heterocycles. The molecule has 1 unspecified atom stereocenters. The molecular formula is C9H20N2O2. The van der Waals surface area contributed by atoms with Crippen LogP contribution >= 0.6 is 0 Å². The van der Waals surface area contributed by atoms with Gasteiger partial charge >= 0.3 is 0 Å². The number of aliphatic hydroxyl groups excluding tert-OH is 1. The summed E-state index contributed by atoms with van der Waals surface area (Å²) in [7, 11) is 0. The molecule has 4 heteroatoms. The zero-order valence-electron chi connectivity index (χ0n) is 8.63. The van der Waals surface area contributed by atoms with Gasteiger partial charge in [-0.25, -0.2) is 0 Å². The van der Waals surface area contributed by atoms with E-state index in [1.807, 2.05) is 6.92 Å². The van der Waals surface area contributed by atoms with E-state index in [1.54, 1.807) is 13.8 Å². The van der Waals surface area contributed by atoms with Crippen molar-refractivity contribution in [3.63, 3.8) is 0 Å². The van der Waals surface area contributed by atoms with Crippen molar-refractivity contribution in [3.8, 4) is 0 Å². The van der Waals surface area contributed by atoms with Crippen LogP contribution in [-0.4, -0.2) is 29.2 Å². The van der Waals surface area contributed by atoms with Crippen LogP contribution in [0.1, 0.15) is 33.6 Å². The van der Waals surface area contributed by atoms with Crippen molar-refractivity contribution in [2.45, 2.75) is 45.3 Å². The third-order valence-electron chi connectivity index (χ3n) is 1.82. The maximum Gasteiger partial charge on any atom is 0.239 e. The smallest absolute Gasteiger partial charge is 0.239 e. The molecule has 0 aromatic rings. The fourth-order valence-electron chi connectivity index (χ4n) is 0.784. The monoisotopic (exact) mass is 188 g/mol. The summed E-state index contributed by atoms with van der Waals surface area (Å²) in [5.74, 6) is -0.184. The normalized spacial score (nSPS) is 13.9. The van der Waals surface area contributed by atoms with Crippen molar-refractivity contribution in [2.24, 2.45) is 5.73 Å². The maximum atomic E-state index is 11.2. The van der Waals surface area contributed by atoms with E-state index in [0.29, 0.717) is 19.4 Å². The van der Waals surface area contributed by atoms with E-state index in [1.165, 1.54) is 0 Å². The topological polar surface area (TPSA) is 75.3 Å². The van der Waals surface area contributed by atoms with Gasteiger partial charge < -0.3 is 16.2 Å². The van der Waals surface area contributed by atoms with Gasteiger partial charge in [0.15, 0.2) is 0 Å². The third-order valence-corrected chi connectivity index (χ3v) is 1.82. The summed E-state index contributed by atoms with van der Waals surface area (Å²) in [5.41, 5.74) is 4.72. The lowest BCUT2D eigenvalue weighted by Crippen LogP contribution is -2.49. The van der Waals surface area contributed by atoms with Gasteiger partial charge in [-0.15, -0.1) is 0 Å². The van der Waals surface area contributed by atoms with E-state index in [2.05, 4.69) is 5.32 Å². The Balaban J connectivity index is 3.60. The highest BCUT2D eigenvalue weighted by Crippen LogP contribution is 1.98. The van der Waals surface area contributed by atoms with Crippen LogP contribution in [0, 0.1) is 0 Å². The molecule has 0 aliphatic carbocycles. The van der Waals surface area contributed by atoms with Gasteiger partial charge in [-0.3, -0.25) is 4.79 Å². The number of carbonyl (C=O) groups excluding carboxylic acids is 1. The minimum atomic E-state index is -0.836. The first-order chi connectivity index (χ1) is 5.88. The molecule has 0 saturated carbocycles. The fourth-order valence-corrected chi connectivity index (χ4v) is 0.784. The fraction of sp³-hybridized carbons (Fsp3) is 0.889. The van der Waals surface area contributed by atoms with E-state index in [9.17, 15) is 9.90 Å². The Hall–Kier alpha value is -0.610. The lowest BCUT2D eigenvalue weighted by Gasteiger charge is -2.18. The highest BCUT2D eigenvalue weighted by Gasteiger charge is 2.20. The van der Waals surface area contributed by atoms with Crippen molar-refractivity contribution < 1.29 is 9.90 Å². The minimum Gasteiger partial charge on any atom is -0.393 e. The molecule has 0 saturated heterocycles. The highest BCUT2D eigenvalue weighted by molar-refractivity contribution is 5.84. The molecule has 0 aromatic carbocycles. The Morgan fingerprint density at radius 1 is 1.62 bits per heavy atom. The van der Waals surface area contributed by atoms with E-state index < -0.39 is 5.54 Å². The Morgan fingerprint density at radius 3 is 2.54 bits per heavy atom. The second-order valence-electron chi connectivity index (χ2n) is 3.83. The van der Waals surface area contributed by atoms with Crippen LogP contribution in [0.2, 0.25) is 0 Å². The quantitative estimate of drug-likeness (QED) is 0.568. The van der Waals surface area contributed by atoms with E-state index in [-0.39, 0.29) is 12.0 Å². The zero-order chi connectivity index (χ0) is 10.5. The number of nitrogens with two attached hydrogens (primary N) is 1. The maximum absolute atomic E-state index is 11.2. The summed E-state index contributed by atoms with van der Waals surface area (Å²) in [4.78, 5) is 11.2. The van der Waals surface area contributed by atoms with Crippen LogP contribution in [0.5, 0.6) is 0 Å². The van der Waals surface area contributed by atoms with E-state index >= 15 is 0 Å². The molecule has 0 heterocycles. The largest absolute Gasteiger partial charge is 0.393 e. The highest BCUT2D eigenvalue weighted by atomic mass is 16.3. The van der Waals surface area contributed by atoms with Gasteiger partial charge in [0, 0.05) is 6.54 Å². The number of nitrogens with one attached hydrogen (secondary N) is 1. The molecule has 0 bridgehead atoms. The van der Waals surface area contributed by atoms with E-state index in [0.717, 1.165) is 0 Å². The number of hydrogen-bond acceptors (Lipinski definition) is 3. The van der Waals surface area contributed by atoms with Gasteiger partial charge in [0.1, 0.15) is 0 Å². The Kier molecular flexibility index (Phi) is 4.95. The summed E-state index contributed by atoms with van der Waals surface area (Å²) < 4.78 is 0. The Labute approximate surface area is 79.5 Å². The first-order valence-electron chi connectivity index (χ1n) is 4.63. The molecule has 0 aromatic heterocycles. The summed E-state index contributed by atoms with van der Waals surface area (Å²) >= 11 is 0. The van der Waals surface area contributed by atoms with E-state index in [4.69, 9.17) is 5.73 Å². The summed E-state index contributed by atoms with van der Waals surface area (Å²) in [6.07, 6.45) is 0.960. The summed E-state index contributed by atoms with van der Waals surface area (Å²) in [6, 6.07) is 0. The second-order valence-corrected chi connectivity index (χ2v) is 3.83. The van der Waals surface area contributed by atoms with Crippen LogP contribution in [0.4, 0.5) is 0 Å². The van der Waals surface area contributed by atoms with Crippen LogP contribution < -0.4 is 11.1 Å². The first-order valence-corrected chi connectivity index (χ1v) is 4.63. The van der Waals surface area contributed by atoms with Gasteiger partial charge in [0.25, 0.3) is 0 Å². The van der Waals surface area contributed by atoms with Gasteiger partial charge in [-0.05, 0) is 26.7 Å². The number of aliphatic hydroxyl groups is 1. The second kappa shape index (κ2) is 5.19. The number of amides is 1. The van der Waals surface area contributed by atoms with Crippen LogP contribution in [0.25, 0.3) is 0 Å². The Morgan fingerprint density at radius 2 is 2.15 bits per heavy atom. The molecule has 1 atom stereocenters. The molecule has 0 fully saturated rings. The van der Waals surface area contributed by atoms with Gasteiger partial charge in [-0.1, -0.05) is 6.92 Å². The average molecular weight is 188 g/mol. The number of carbonyl (C=O) groups is 1. The standard InChI is InChI=1S/C9H20N2O2/c1-4-7(12)5-6-11-8(13)9(2,3)10/h7,12H,4-6,10H2,1-3H3,(H,11,13). The SMILES string of the molecule is CCC(O)CCNC(=O)C(C)(C)N. The number of rotatable bonds is 5. The first kappa shape index (κ1) is 12.4.